The Morgan fingerprint density at radius 2 is 2.18 bits per heavy atom. The highest BCUT2D eigenvalue weighted by Gasteiger charge is 2.14. The van der Waals surface area contributed by atoms with E-state index in [2.05, 4.69) is 15.3 Å². The lowest BCUT2D eigenvalue weighted by atomic mass is 9.95. The number of nitrogens with zero attached hydrogens (tertiary/aromatic N) is 2. The van der Waals surface area contributed by atoms with Crippen LogP contribution in [0.4, 0.5) is 0 Å². The fourth-order valence-electron chi connectivity index (χ4n) is 2.09. The maximum Gasteiger partial charge on any atom is 0.133 e. The highest BCUT2D eigenvalue weighted by atomic mass is 35.5. The van der Waals surface area contributed by atoms with Gasteiger partial charge in [0.15, 0.2) is 0 Å². The summed E-state index contributed by atoms with van der Waals surface area (Å²) in [5.41, 5.74) is 1.07. The summed E-state index contributed by atoms with van der Waals surface area (Å²) in [4.78, 5) is 8.47. The molecule has 1 saturated heterocycles. The van der Waals surface area contributed by atoms with Crippen molar-refractivity contribution in [3.63, 3.8) is 0 Å². The fraction of sp³-hybridized carbons (Fsp3) is 0.636. The third-order valence-electron chi connectivity index (χ3n) is 2.76. The molecular formula is C11H18Cl3N3. The molecule has 1 unspecified atom stereocenters. The average Bonchev–Trinajstić information content (AvgIpc) is 2.17. The Hall–Kier alpha value is -0.0900. The molecule has 1 N–H and O–H groups in total. The number of halogens is 3. The SMILES string of the molecule is Cc1nc(Cl)cc(CC2CCCNC2)n1.Cl.Cl. The topological polar surface area (TPSA) is 37.8 Å². The molecule has 0 radical (unpaired) electrons. The lowest BCUT2D eigenvalue weighted by molar-refractivity contribution is 0.373. The number of aromatic nitrogens is 2. The maximum atomic E-state index is 5.90. The van der Waals surface area contributed by atoms with Gasteiger partial charge in [0.25, 0.3) is 0 Å². The summed E-state index contributed by atoms with van der Waals surface area (Å²) in [5.74, 6) is 1.46. The van der Waals surface area contributed by atoms with Crippen LogP contribution in [0.5, 0.6) is 0 Å². The van der Waals surface area contributed by atoms with Crippen molar-refractivity contribution < 1.29 is 0 Å². The number of hydrogen-bond donors (Lipinski definition) is 1. The smallest absolute Gasteiger partial charge is 0.133 e. The zero-order valence-electron chi connectivity index (χ0n) is 9.78. The van der Waals surface area contributed by atoms with Gasteiger partial charge >= 0.3 is 0 Å². The van der Waals surface area contributed by atoms with Gasteiger partial charge in [-0.15, -0.1) is 24.8 Å². The molecule has 0 aromatic carbocycles. The molecule has 0 amide bonds. The van der Waals surface area contributed by atoms with Crippen LogP contribution in [0.25, 0.3) is 0 Å². The lowest BCUT2D eigenvalue weighted by Crippen LogP contribution is -2.31. The zero-order chi connectivity index (χ0) is 10.7. The molecule has 1 aromatic rings. The van der Waals surface area contributed by atoms with E-state index in [-0.39, 0.29) is 24.8 Å². The number of rotatable bonds is 2. The van der Waals surface area contributed by atoms with Crippen LogP contribution in [0.1, 0.15) is 24.4 Å². The predicted octanol–water partition coefficient (Wildman–Crippen LogP) is 2.82. The molecule has 1 aliphatic rings. The average molecular weight is 299 g/mol. The Bertz CT molecular complexity index is 320. The van der Waals surface area contributed by atoms with E-state index in [9.17, 15) is 0 Å². The summed E-state index contributed by atoms with van der Waals surface area (Å²) in [6.45, 7) is 4.13. The number of aryl methyl sites for hydroxylation is 1. The number of nitrogens with one attached hydrogen (secondary N) is 1. The van der Waals surface area contributed by atoms with Gasteiger partial charge in [0.05, 0.1) is 0 Å². The Morgan fingerprint density at radius 1 is 1.41 bits per heavy atom. The summed E-state index contributed by atoms with van der Waals surface area (Å²) >= 11 is 5.90. The van der Waals surface area contributed by atoms with Crippen molar-refractivity contribution in [2.24, 2.45) is 5.92 Å². The first kappa shape index (κ1) is 16.9. The number of hydrogen-bond acceptors (Lipinski definition) is 3. The van der Waals surface area contributed by atoms with Gasteiger partial charge in [-0.25, -0.2) is 9.97 Å². The highest BCUT2D eigenvalue weighted by molar-refractivity contribution is 6.29. The van der Waals surface area contributed by atoms with Crippen LogP contribution in [0.2, 0.25) is 5.15 Å². The quantitative estimate of drug-likeness (QED) is 0.853. The second-order valence-electron chi connectivity index (χ2n) is 4.15. The molecule has 98 valence electrons. The van der Waals surface area contributed by atoms with Crippen LogP contribution in [0.3, 0.4) is 0 Å². The predicted molar refractivity (Wildman–Crippen MR) is 75.6 cm³/mol. The van der Waals surface area contributed by atoms with Crippen molar-refractivity contribution in [3.8, 4) is 0 Å². The molecule has 0 spiro atoms. The van der Waals surface area contributed by atoms with Gasteiger partial charge < -0.3 is 5.32 Å². The monoisotopic (exact) mass is 297 g/mol. The second-order valence-corrected chi connectivity index (χ2v) is 4.53. The largest absolute Gasteiger partial charge is 0.316 e. The molecule has 1 atom stereocenters. The van der Waals surface area contributed by atoms with Crippen LogP contribution in [-0.4, -0.2) is 23.1 Å². The van der Waals surface area contributed by atoms with E-state index >= 15 is 0 Å². The van der Waals surface area contributed by atoms with E-state index in [1.807, 2.05) is 13.0 Å². The van der Waals surface area contributed by atoms with Crippen LogP contribution >= 0.6 is 36.4 Å². The highest BCUT2D eigenvalue weighted by Crippen LogP contribution is 2.16. The number of piperidine rings is 1. The van der Waals surface area contributed by atoms with Crippen molar-refractivity contribution in [2.45, 2.75) is 26.2 Å². The van der Waals surface area contributed by atoms with Crippen molar-refractivity contribution in [2.75, 3.05) is 13.1 Å². The minimum Gasteiger partial charge on any atom is -0.316 e. The van der Waals surface area contributed by atoms with Gasteiger partial charge in [-0.3, -0.25) is 0 Å². The Kier molecular flexibility index (Phi) is 8.05. The van der Waals surface area contributed by atoms with Gasteiger partial charge in [-0.1, -0.05) is 11.6 Å². The van der Waals surface area contributed by atoms with Crippen LogP contribution < -0.4 is 5.32 Å². The van der Waals surface area contributed by atoms with Crippen LogP contribution in [-0.2, 0) is 6.42 Å². The summed E-state index contributed by atoms with van der Waals surface area (Å²) < 4.78 is 0. The molecule has 0 saturated carbocycles. The van der Waals surface area contributed by atoms with Crippen molar-refractivity contribution in [3.05, 3.63) is 22.7 Å². The normalized spacial score (nSPS) is 19.1. The third kappa shape index (κ3) is 5.38. The minimum absolute atomic E-state index is 0. The first-order valence-corrected chi connectivity index (χ1v) is 5.82. The molecule has 2 rings (SSSR count). The van der Waals surface area contributed by atoms with Gasteiger partial charge in [-0.2, -0.15) is 0 Å². The molecule has 3 nitrogen and oxygen atoms in total. The van der Waals surface area contributed by atoms with Gasteiger partial charge in [0, 0.05) is 5.69 Å². The fourth-order valence-corrected chi connectivity index (χ4v) is 2.34. The Balaban J connectivity index is 0.00000128. The second kappa shape index (κ2) is 8.09. The van der Waals surface area contributed by atoms with E-state index in [1.165, 1.54) is 12.8 Å². The van der Waals surface area contributed by atoms with E-state index in [0.29, 0.717) is 11.1 Å². The molecule has 1 aliphatic heterocycles. The standard InChI is InChI=1S/C11H16ClN3.2ClH/c1-8-14-10(6-11(12)15-8)5-9-3-2-4-13-7-9;;/h6,9,13H,2-5,7H2,1H3;2*1H. The van der Waals surface area contributed by atoms with Gasteiger partial charge in [0.1, 0.15) is 11.0 Å². The lowest BCUT2D eigenvalue weighted by Gasteiger charge is -2.22. The minimum atomic E-state index is 0. The summed E-state index contributed by atoms with van der Waals surface area (Å²) in [6, 6.07) is 1.88. The maximum absolute atomic E-state index is 5.90. The van der Waals surface area contributed by atoms with E-state index in [0.717, 1.165) is 31.0 Å². The van der Waals surface area contributed by atoms with Crippen LogP contribution in [0, 0.1) is 12.8 Å². The molecular weight excluding hydrogens is 281 g/mol. The third-order valence-corrected chi connectivity index (χ3v) is 2.95. The van der Waals surface area contributed by atoms with E-state index in [1.54, 1.807) is 0 Å². The first-order chi connectivity index (χ1) is 7.24. The van der Waals surface area contributed by atoms with Gasteiger partial charge in [-0.05, 0) is 51.3 Å². The Labute approximate surface area is 120 Å². The van der Waals surface area contributed by atoms with Gasteiger partial charge in [0.2, 0.25) is 0 Å². The van der Waals surface area contributed by atoms with Crippen molar-refractivity contribution in [1.82, 2.24) is 15.3 Å². The van der Waals surface area contributed by atoms with Crippen molar-refractivity contribution >= 4 is 36.4 Å². The molecule has 17 heavy (non-hydrogen) atoms. The molecule has 2 heterocycles. The molecule has 6 heteroatoms. The molecule has 0 bridgehead atoms. The molecule has 0 aliphatic carbocycles. The first-order valence-electron chi connectivity index (χ1n) is 5.45. The zero-order valence-corrected chi connectivity index (χ0v) is 12.2. The molecule has 1 fully saturated rings. The molecule has 1 aromatic heterocycles. The summed E-state index contributed by atoms with van der Waals surface area (Å²) in [7, 11) is 0. The summed E-state index contributed by atoms with van der Waals surface area (Å²) in [6.07, 6.45) is 3.56. The van der Waals surface area contributed by atoms with E-state index in [4.69, 9.17) is 11.6 Å². The van der Waals surface area contributed by atoms with Crippen LogP contribution in [0.15, 0.2) is 6.07 Å². The summed E-state index contributed by atoms with van der Waals surface area (Å²) in [5, 5.41) is 3.96. The Morgan fingerprint density at radius 3 is 2.76 bits per heavy atom. The van der Waals surface area contributed by atoms with E-state index < -0.39 is 0 Å². The van der Waals surface area contributed by atoms with Crippen molar-refractivity contribution in [1.29, 1.82) is 0 Å².